The molecule has 0 saturated heterocycles. The van der Waals surface area contributed by atoms with E-state index < -0.39 is 5.97 Å². The van der Waals surface area contributed by atoms with Crippen LogP contribution >= 0.6 is 0 Å². The molecule has 2 rings (SSSR count). The van der Waals surface area contributed by atoms with Gasteiger partial charge in [0.2, 0.25) is 0 Å². The maximum Gasteiger partial charge on any atom is 0.303 e. The summed E-state index contributed by atoms with van der Waals surface area (Å²) in [5, 5.41) is 9.84. The van der Waals surface area contributed by atoms with Crippen LogP contribution in [0, 0.1) is 0 Å². The molecule has 118 valence electrons. The minimum absolute atomic E-state index is 0.315. The van der Waals surface area contributed by atoms with Gasteiger partial charge in [0.25, 0.3) is 0 Å². The first-order chi connectivity index (χ1) is 10.8. The summed E-state index contributed by atoms with van der Waals surface area (Å²) in [6, 6.07) is 10.5. The average molecular weight is 299 g/mol. The van der Waals surface area contributed by atoms with Crippen LogP contribution in [-0.2, 0) is 11.2 Å². The van der Waals surface area contributed by atoms with Crippen molar-refractivity contribution >= 4 is 16.9 Å². The molecule has 0 unspecified atom stereocenters. The van der Waals surface area contributed by atoms with Crippen LogP contribution in [0.2, 0.25) is 0 Å². The smallest absolute Gasteiger partial charge is 0.303 e. The van der Waals surface area contributed by atoms with Gasteiger partial charge < -0.3 is 5.11 Å². The predicted octanol–water partition coefficient (Wildman–Crippen LogP) is 4.98. The number of aryl methyl sites for hydroxylation is 1. The third kappa shape index (κ3) is 5.47. The zero-order valence-electron chi connectivity index (χ0n) is 13.1. The van der Waals surface area contributed by atoms with Gasteiger partial charge in [-0.15, -0.1) is 0 Å². The molecule has 0 amide bonds. The average Bonchev–Trinajstić information content (AvgIpc) is 2.53. The third-order valence-electron chi connectivity index (χ3n) is 4.08. The predicted molar refractivity (Wildman–Crippen MR) is 90.0 cm³/mol. The second-order valence-electron chi connectivity index (χ2n) is 5.86. The molecule has 0 atom stereocenters. The van der Waals surface area contributed by atoms with E-state index in [1.807, 2.05) is 12.3 Å². The van der Waals surface area contributed by atoms with E-state index in [0.29, 0.717) is 6.42 Å². The maximum absolute atomic E-state index is 10.4. The first kappa shape index (κ1) is 16.5. The highest BCUT2D eigenvalue weighted by Crippen LogP contribution is 2.19. The van der Waals surface area contributed by atoms with Crippen molar-refractivity contribution in [1.29, 1.82) is 0 Å². The number of rotatable bonds is 10. The van der Waals surface area contributed by atoms with Gasteiger partial charge in [-0.25, -0.2) is 0 Å². The van der Waals surface area contributed by atoms with E-state index in [9.17, 15) is 4.79 Å². The van der Waals surface area contributed by atoms with Crippen LogP contribution in [0.1, 0.15) is 56.9 Å². The van der Waals surface area contributed by atoms with Crippen molar-refractivity contribution in [2.24, 2.45) is 0 Å². The number of carboxylic acid groups (broad SMARTS) is 1. The highest BCUT2D eigenvalue weighted by atomic mass is 16.4. The van der Waals surface area contributed by atoms with Crippen molar-refractivity contribution < 1.29 is 9.90 Å². The number of benzene rings is 1. The van der Waals surface area contributed by atoms with Gasteiger partial charge in [0.15, 0.2) is 0 Å². The molecule has 1 aromatic heterocycles. The van der Waals surface area contributed by atoms with Crippen LogP contribution in [0.15, 0.2) is 36.5 Å². The molecule has 3 nitrogen and oxygen atoms in total. The molecule has 22 heavy (non-hydrogen) atoms. The van der Waals surface area contributed by atoms with Crippen molar-refractivity contribution in [3.8, 4) is 0 Å². The number of unbranched alkanes of at least 4 members (excludes halogenated alkanes) is 6. The van der Waals surface area contributed by atoms with E-state index in [1.54, 1.807) is 0 Å². The Balaban J connectivity index is 1.61. The Morgan fingerprint density at radius 2 is 1.59 bits per heavy atom. The van der Waals surface area contributed by atoms with E-state index >= 15 is 0 Å². The first-order valence-corrected chi connectivity index (χ1v) is 8.32. The highest BCUT2D eigenvalue weighted by Gasteiger charge is 2.01. The summed E-state index contributed by atoms with van der Waals surface area (Å²) in [4.78, 5) is 14.8. The number of carboxylic acids is 1. The summed E-state index contributed by atoms with van der Waals surface area (Å²) >= 11 is 0. The van der Waals surface area contributed by atoms with E-state index in [4.69, 9.17) is 5.11 Å². The molecule has 2 aromatic rings. The molecule has 0 aliphatic rings. The molecule has 0 fully saturated rings. The second-order valence-corrected chi connectivity index (χ2v) is 5.86. The Morgan fingerprint density at radius 1 is 0.909 bits per heavy atom. The Hall–Kier alpha value is -1.90. The number of aromatic nitrogens is 1. The van der Waals surface area contributed by atoms with Gasteiger partial charge in [0.1, 0.15) is 0 Å². The first-order valence-electron chi connectivity index (χ1n) is 8.32. The normalized spacial score (nSPS) is 10.9. The highest BCUT2D eigenvalue weighted by molar-refractivity contribution is 5.81. The molecule has 0 saturated carbocycles. The molecule has 1 heterocycles. The lowest BCUT2D eigenvalue weighted by Crippen LogP contribution is -1.93. The van der Waals surface area contributed by atoms with Gasteiger partial charge in [-0.1, -0.05) is 50.3 Å². The number of fused-ring (bicyclic) bond motifs is 1. The van der Waals surface area contributed by atoms with Crippen LogP contribution in [0.3, 0.4) is 0 Å². The van der Waals surface area contributed by atoms with Gasteiger partial charge in [0, 0.05) is 18.0 Å². The molecular formula is C19H25NO2. The lowest BCUT2D eigenvalue weighted by Gasteiger charge is -2.06. The monoisotopic (exact) mass is 299 g/mol. The number of aliphatic carboxylic acids is 1. The zero-order valence-corrected chi connectivity index (χ0v) is 13.1. The molecule has 0 radical (unpaired) electrons. The number of hydrogen-bond donors (Lipinski definition) is 1. The Labute approximate surface area is 132 Å². The molecule has 0 aliphatic carbocycles. The Bertz CT molecular complexity index is 590. The van der Waals surface area contributed by atoms with Gasteiger partial charge in [-0.05, 0) is 37.0 Å². The lowest BCUT2D eigenvalue weighted by molar-refractivity contribution is -0.137. The van der Waals surface area contributed by atoms with Crippen LogP contribution in [0.5, 0.6) is 0 Å². The topological polar surface area (TPSA) is 50.2 Å². The van der Waals surface area contributed by atoms with E-state index in [0.717, 1.165) is 31.2 Å². The van der Waals surface area contributed by atoms with Crippen LogP contribution in [0.25, 0.3) is 10.9 Å². The third-order valence-corrected chi connectivity index (χ3v) is 4.08. The number of para-hydroxylation sites is 1. The van der Waals surface area contributed by atoms with Crippen LogP contribution in [-0.4, -0.2) is 16.1 Å². The summed E-state index contributed by atoms with van der Waals surface area (Å²) in [5.41, 5.74) is 2.48. The maximum atomic E-state index is 10.4. The lowest BCUT2D eigenvalue weighted by atomic mass is 10.0. The molecule has 1 N–H and O–H groups in total. The van der Waals surface area contributed by atoms with Gasteiger partial charge >= 0.3 is 5.97 Å². The quantitative estimate of drug-likeness (QED) is 0.629. The van der Waals surface area contributed by atoms with Crippen molar-refractivity contribution in [2.75, 3.05) is 0 Å². The second kappa shape index (κ2) is 9.19. The number of nitrogens with zero attached hydrogens (tertiary/aromatic N) is 1. The van der Waals surface area contributed by atoms with E-state index in [2.05, 4.69) is 29.2 Å². The van der Waals surface area contributed by atoms with Gasteiger partial charge in [-0.3, -0.25) is 9.78 Å². The summed E-state index contributed by atoms with van der Waals surface area (Å²) in [7, 11) is 0. The largest absolute Gasteiger partial charge is 0.481 e. The van der Waals surface area contributed by atoms with Crippen molar-refractivity contribution in [3.05, 3.63) is 42.1 Å². The Kier molecular flexibility index (Phi) is 6.88. The number of pyridine rings is 1. The molecule has 0 bridgehead atoms. The number of hydrogen-bond acceptors (Lipinski definition) is 2. The fraction of sp³-hybridized carbons (Fsp3) is 0.474. The molecule has 3 heteroatoms. The molecule has 1 aromatic carbocycles. The Morgan fingerprint density at radius 3 is 2.36 bits per heavy atom. The standard InChI is InChI=1S/C19H25NO2/c21-19(22)13-7-5-3-1-2-4-6-10-16-14-15-20-18-12-9-8-11-17(16)18/h8-9,11-12,14-15H,1-7,10,13H2,(H,21,22). The molecular weight excluding hydrogens is 274 g/mol. The van der Waals surface area contributed by atoms with Gasteiger partial charge in [-0.2, -0.15) is 0 Å². The molecule has 0 spiro atoms. The van der Waals surface area contributed by atoms with Gasteiger partial charge in [0.05, 0.1) is 5.52 Å². The zero-order chi connectivity index (χ0) is 15.6. The minimum atomic E-state index is -0.676. The van der Waals surface area contributed by atoms with Crippen molar-refractivity contribution in [2.45, 2.75) is 57.8 Å². The van der Waals surface area contributed by atoms with Crippen molar-refractivity contribution in [1.82, 2.24) is 4.98 Å². The summed E-state index contributed by atoms with van der Waals surface area (Å²) < 4.78 is 0. The number of carbonyl (C=O) groups is 1. The van der Waals surface area contributed by atoms with Crippen LogP contribution < -0.4 is 0 Å². The fourth-order valence-corrected chi connectivity index (χ4v) is 2.85. The summed E-state index contributed by atoms with van der Waals surface area (Å²) in [6.07, 6.45) is 11.3. The van der Waals surface area contributed by atoms with Crippen LogP contribution in [0.4, 0.5) is 0 Å². The summed E-state index contributed by atoms with van der Waals surface area (Å²) in [6.45, 7) is 0. The SMILES string of the molecule is O=C(O)CCCCCCCCCc1ccnc2ccccc12. The van der Waals surface area contributed by atoms with Crippen molar-refractivity contribution in [3.63, 3.8) is 0 Å². The minimum Gasteiger partial charge on any atom is -0.481 e. The molecule has 0 aliphatic heterocycles. The van der Waals surface area contributed by atoms with E-state index in [1.165, 1.54) is 36.6 Å². The van der Waals surface area contributed by atoms with E-state index in [-0.39, 0.29) is 0 Å². The summed E-state index contributed by atoms with van der Waals surface area (Å²) in [5.74, 6) is -0.676. The fourth-order valence-electron chi connectivity index (χ4n) is 2.85.